The molecule has 1 nitrogen and oxygen atoms in total. The van der Waals surface area contributed by atoms with Gasteiger partial charge in [-0.05, 0) is 80.6 Å². The standard InChI is InChI=1S/C34H20ClN/c35-23-16-17-31-30(19-23)34-28-15-7-14-27-25-12-4-5-13-26(25)29(33(27)28)20-32(34)36(31)24-11-6-10-22(18-24)21-8-2-1-3-9-21/h1-20H. The molecule has 0 amide bonds. The van der Waals surface area contributed by atoms with E-state index in [0.29, 0.717) is 0 Å². The van der Waals surface area contributed by atoms with Crippen LogP contribution in [0.1, 0.15) is 0 Å². The highest BCUT2D eigenvalue weighted by atomic mass is 35.5. The van der Waals surface area contributed by atoms with Crippen LogP contribution in [0, 0.1) is 0 Å². The molecule has 0 unspecified atom stereocenters. The van der Waals surface area contributed by atoms with Crippen LogP contribution in [0.5, 0.6) is 0 Å². The molecule has 168 valence electrons. The summed E-state index contributed by atoms with van der Waals surface area (Å²) in [6.45, 7) is 0. The summed E-state index contributed by atoms with van der Waals surface area (Å²) in [6, 6.07) is 43.5. The van der Waals surface area contributed by atoms with Crippen molar-refractivity contribution in [3.63, 3.8) is 0 Å². The van der Waals surface area contributed by atoms with Gasteiger partial charge in [-0.1, -0.05) is 96.5 Å². The lowest BCUT2D eigenvalue weighted by molar-refractivity contribution is 1.18. The molecule has 2 heteroatoms. The van der Waals surface area contributed by atoms with Crippen LogP contribution < -0.4 is 0 Å². The molecule has 8 rings (SSSR count). The maximum absolute atomic E-state index is 6.57. The maximum atomic E-state index is 6.57. The predicted molar refractivity (Wildman–Crippen MR) is 153 cm³/mol. The SMILES string of the molecule is Clc1ccc2c(c1)c1c3cccc4c3c(cc1n2-c1cccc(-c2ccccc2)c1)-c1ccccc1-4. The molecular weight excluding hydrogens is 458 g/mol. The van der Waals surface area contributed by atoms with Gasteiger partial charge in [0.05, 0.1) is 11.0 Å². The molecule has 0 saturated carbocycles. The highest BCUT2D eigenvalue weighted by molar-refractivity contribution is 6.34. The Morgan fingerprint density at radius 2 is 1.17 bits per heavy atom. The van der Waals surface area contributed by atoms with Crippen molar-refractivity contribution in [2.45, 2.75) is 0 Å². The fraction of sp³-hybridized carbons (Fsp3) is 0. The number of hydrogen-bond donors (Lipinski definition) is 0. The maximum Gasteiger partial charge on any atom is 0.0553 e. The third-order valence-corrected chi connectivity index (χ3v) is 7.80. The molecule has 0 spiro atoms. The van der Waals surface area contributed by atoms with Crippen molar-refractivity contribution >= 4 is 44.2 Å². The van der Waals surface area contributed by atoms with Crippen LogP contribution in [0.4, 0.5) is 0 Å². The van der Waals surface area contributed by atoms with Gasteiger partial charge in [-0.15, -0.1) is 0 Å². The molecule has 0 bridgehead atoms. The average molecular weight is 478 g/mol. The van der Waals surface area contributed by atoms with Crippen LogP contribution in [0.15, 0.2) is 121 Å². The highest BCUT2D eigenvalue weighted by Crippen LogP contribution is 2.51. The lowest BCUT2D eigenvalue weighted by atomic mass is 9.98. The monoisotopic (exact) mass is 477 g/mol. The molecule has 36 heavy (non-hydrogen) atoms. The van der Waals surface area contributed by atoms with Gasteiger partial charge in [0.15, 0.2) is 0 Å². The Morgan fingerprint density at radius 1 is 0.444 bits per heavy atom. The summed E-state index contributed by atoms with van der Waals surface area (Å²) in [6.07, 6.45) is 0. The summed E-state index contributed by atoms with van der Waals surface area (Å²) in [4.78, 5) is 0. The largest absolute Gasteiger partial charge is 0.309 e. The zero-order valence-corrected chi connectivity index (χ0v) is 20.1. The van der Waals surface area contributed by atoms with E-state index in [9.17, 15) is 0 Å². The zero-order valence-electron chi connectivity index (χ0n) is 19.4. The van der Waals surface area contributed by atoms with Gasteiger partial charge in [-0.25, -0.2) is 0 Å². The first-order valence-electron chi connectivity index (χ1n) is 12.2. The lowest BCUT2D eigenvalue weighted by Crippen LogP contribution is -1.94. The quantitative estimate of drug-likeness (QED) is 0.233. The molecular formula is C34H20ClN. The third kappa shape index (κ3) is 2.66. The molecule has 0 radical (unpaired) electrons. The molecule has 7 aromatic rings. The number of aromatic nitrogens is 1. The Hall–Kier alpha value is -4.33. The summed E-state index contributed by atoms with van der Waals surface area (Å²) in [7, 11) is 0. The fourth-order valence-corrected chi connectivity index (χ4v) is 6.26. The highest BCUT2D eigenvalue weighted by Gasteiger charge is 2.25. The van der Waals surface area contributed by atoms with Crippen LogP contribution >= 0.6 is 11.6 Å². The zero-order chi connectivity index (χ0) is 23.8. The molecule has 1 aliphatic carbocycles. The summed E-state index contributed by atoms with van der Waals surface area (Å²) in [5, 5.41) is 5.81. The molecule has 1 heterocycles. The van der Waals surface area contributed by atoms with Crippen LogP contribution in [-0.4, -0.2) is 4.57 Å². The van der Waals surface area contributed by atoms with Gasteiger partial charge in [0.25, 0.3) is 0 Å². The first kappa shape index (κ1) is 19.9. The number of rotatable bonds is 2. The van der Waals surface area contributed by atoms with Crippen molar-refractivity contribution in [1.29, 1.82) is 0 Å². The molecule has 0 saturated heterocycles. The van der Waals surface area contributed by atoms with E-state index in [1.807, 2.05) is 6.07 Å². The fourth-order valence-electron chi connectivity index (χ4n) is 6.09. The van der Waals surface area contributed by atoms with Gasteiger partial charge >= 0.3 is 0 Å². The average Bonchev–Trinajstić information content (AvgIpc) is 3.43. The molecule has 6 aromatic carbocycles. The van der Waals surface area contributed by atoms with Gasteiger partial charge < -0.3 is 4.57 Å². The minimum atomic E-state index is 0.756. The normalized spacial score (nSPS) is 12.0. The Morgan fingerprint density at radius 3 is 2.03 bits per heavy atom. The Balaban J connectivity index is 1.53. The van der Waals surface area contributed by atoms with E-state index >= 15 is 0 Å². The molecule has 1 aliphatic rings. The first-order valence-corrected chi connectivity index (χ1v) is 12.6. The van der Waals surface area contributed by atoms with E-state index in [1.165, 1.54) is 60.4 Å². The second kappa shape index (κ2) is 7.34. The van der Waals surface area contributed by atoms with Crippen molar-refractivity contribution in [3.05, 3.63) is 126 Å². The molecule has 0 atom stereocenters. The van der Waals surface area contributed by atoms with Gasteiger partial charge in [0.2, 0.25) is 0 Å². The van der Waals surface area contributed by atoms with Crippen molar-refractivity contribution in [2.24, 2.45) is 0 Å². The minimum Gasteiger partial charge on any atom is -0.309 e. The van der Waals surface area contributed by atoms with Crippen LogP contribution in [0.2, 0.25) is 5.02 Å². The van der Waals surface area contributed by atoms with Gasteiger partial charge in [-0.2, -0.15) is 0 Å². The molecule has 0 aliphatic heterocycles. The minimum absolute atomic E-state index is 0.756. The Bertz CT molecular complexity index is 2000. The van der Waals surface area contributed by atoms with Crippen molar-refractivity contribution < 1.29 is 0 Å². The van der Waals surface area contributed by atoms with E-state index in [0.717, 1.165) is 16.2 Å². The Labute approximate surface area is 213 Å². The van der Waals surface area contributed by atoms with Gasteiger partial charge in [-0.3, -0.25) is 0 Å². The summed E-state index contributed by atoms with van der Waals surface area (Å²) < 4.78 is 2.40. The summed E-state index contributed by atoms with van der Waals surface area (Å²) in [5.41, 5.74) is 11.2. The molecule has 0 N–H and O–H groups in total. The van der Waals surface area contributed by atoms with Crippen LogP contribution in [-0.2, 0) is 0 Å². The smallest absolute Gasteiger partial charge is 0.0553 e. The van der Waals surface area contributed by atoms with Crippen molar-refractivity contribution in [1.82, 2.24) is 4.57 Å². The van der Waals surface area contributed by atoms with E-state index < -0.39 is 0 Å². The van der Waals surface area contributed by atoms with Crippen LogP contribution in [0.3, 0.4) is 0 Å². The summed E-state index contributed by atoms with van der Waals surface area (Å²) in [5.74, 6) is 0. The van der Waals surface area contributed by atoms with E-state index in [1.54, 1.807) is 0 Å². The molecule has 0 fully saturated rings. The lowest BCUT2D eigenvalue weighted by Gasteiger charge is -2.12. The number of benzene rings is 6. The van der Waals surface area contributed by atoms with E-state index in [4.69, 9.17) is 11.6 Å². The predicted octanol–water partition coefficient (Wildman–Crippen LogP) is 9.90. The molecule has 1 aromatic heterocycles. The van der Waals surface area contributed by atoms with Crippen molar-refractivity contribution in [3.8, 4) is 39.1 Å². The van der Waals surface area contributed by atoms with Crippen molar-refractivity contribution in [2.75, 3.05) is 0 Å². The number of hydrogen-bond acceptors (Lipinski definition) is 0. The van der Waals surface area contributed by atoms with E-state index in [2.05, 4.69) is 120 Å². The number of fused-ring (bicyclic) bond motifs is 7. The van der Waals surface area contributed by atoms with Gasteiger partial charge in [0.1, 0.15) is 0 Å². The summed E-state index contributed by atoms with van der Waals surface area (Å²) >= 11 is 6.57. The third-order valence-electron chi connectivity index (χ3n) is 7.57. The topological polar surface area (TPSA) is 4.93 Å². The van der Waals surface area contributed by atoms with Gasteiger partial charge in [0, 0.05) is 21.5 Å². The number of nitrogens with zero attached hydrogens (tertiary/aromatic N) is 1. The Kier molecular flexibility index (Phi) is 4.06. The second-order valence-electron chi connectivity index (χ2n) is 9.51. The van der Waals surface area contributed by atoms with Crippen LogP contribution in [0.25, 0.3) is 71.6 Å². The first-order chi connectivity index (χ1) is 17.8. The van der Waals surface area contributed by atoms with E-state index in [-0.39, 0.29) is 0 Å². The number of halogens is 1. The second-order valence-corrected chi connectivity index (χ2v) is 9.94.